The monoisotopic (exact) mass is 467 g/mol. The number of rotatable bonds is 8. The van der Waals surface area contributed by atoms with Gasteiger partial charge in [0.15, 0.2) is 0 Å². The third kappa shape index (κ3) is 6.13. The summed E-state index contributed by atoms with van der Waals surface area (Å²) in [6, 6.07) is 28.3. The number of hydrogen-bond donors (Lipinski definition) is 1. The lowest BCUT2D eigenvalue weighted by Gasteiger charge is -2.36. The zero-order valence-electron chi connectivity index (χ0n) is 19.6. The summed E-state index contributed by atoms with van der Waals surface area (Å²) < 4.78 is 5.29. The fourth-order valence-electron chi connectivity index (χ4n) is 4.27. The van der Waals surface area contributed by atoms with Gasteiger partial charge in [0.05, 0.1) is 0 Å². The molecule has 3 aromatic carbocycles. The molecule has 0 radical (unpaired) electrons. The van der Waals surface area contributed by atoms with Gasteiger partial charge in [-0.15, -0.1) is 0 Å². The topological polar surface area (TPSA) is 74.5 Å². The van der Waals surface area contributed by atoms with Gasteiger partial charge in [-0.25, -0.2) is 0 Å². The van der Waals surface area contributed by atoms with Crippen molar-refractivity contribution in [2.24, 2.45) is 0 Å². The third-order valence-electron chi connectivity index (χ3n) is 6.20. The molecule has 1 aliphatic heterocycles. The molecule has 5 rings (SSSR count). The van der Waals surface area contributed by atoms with E-state index in [1.165, 1.54) is 11.3 Å². The standard InChI is InChI=1S/C28H29N5O2/c34-26(15-16-27-30-28(31-35-27)23-9-5-2-6-10-23)29-24-11-13-25(14-12-24)33-19-17-32(18-20-33)21-22-7-3-1-4-8-22/h1-14H,15-21H2,(H,29,34). The second kappa shape index (κ2) is 11.0. The highest BCUT2D eigenvalue weighted by Gasteiger charge is 2.17. The number of aryl methyl sites for hydroxylation is 1. The number of benzene rings is 3. The van der Waals surface area contributed by atoms with Crippen LogP contribution in [-0.2, 0) is 17.8 Å². The van der Waals surface area contributed by atoms with E-state index in [1.54, 1.807) is 0 Å². The van der Waals surface area contributed by atoms with E-state index in [4.69, 9.17) is 4.52 Å². The van der Waals surface area contributed by atoms with Crippen molar-refractivity contribution in [3.63, 3.8) is 0 Å². The van der Waals surface area contributed by atoms with Crippen molar-refractivity contribution in [3.05, 3.63) is 96.4 Å². The number of amides is 1. The van der Waals surface area contributed by atoms with E-state index in [9.17, 15) is 4.79 Å². The maximum atomic E-state index is 12.4. The summed E-state index contributed by atoms with van der Waals surface area (Å²) in [4.78, 5) is 21.7. The molecule has 1 aliphatic rings. The quantitative estimate of drug-likeness (QED) is 0.407. The number of carbonyl (C=O) groups is 1. The van der Waals surface area contributed by atoms with Gasteiger partial charge in [0.25, 0.3) is 0 Å². The summed E-state index contributed by atoms with van der Waals surface area (Å²) >= 11 is 0. The van der Waals surface area contributed by atoms with E-state index in [2.05, 4.69) is 67.7 Å². The van der Waals surface area contributed by atoms with Crippen molar-refractivity contribution < 1.29 is 9.32 Å². The first-order valence-electron chi connectivity index (χ1n) is 12.0. The van der Waals surface area contributed by atoms with Crippen molar-refractivity contribution in [2.75, 3.05) is 36.4 Å². The second-order valence-corrected chi connectivity index (χ2v) is 8.72. The Balaban J connectivity index is 1.07. The van der Waals surface area contributed by atoms with E-state index in [0.29, 0.717) is 18.1 Å². The molecule has 4 aromatic rings. The molecule has 1 fully saturated rings. The van der Waals surface area contributed by atoms with Gasteiger partial charge in [0.1, 0.15) is 0 Å². The van der Waals surface area contributed by atoms with Gasteiger partial charge in [0, 0.05) is 62.5 Å². The maximum absolute atomic E-state index is 12.4. The zero-order valence-corrected chi connectivity index (χ0v) is 19.6. The Morgan fingerprint density at radius 2 is 1.54 bits per heavy atom. The van der Waals surface area contributed by atoms with Crippen molar-refractivity contribution >= 4 is 17.3 Å². The highest BCUT2D eigenvalue weighted by Crippen LogP contribution is 2.21. The largest absolute Gasteiger partial charge is 0.369 e. The average molecular weight is 468 g/mol. The predicted molar refractivity (Wildman–Crippen MR) is 137 cm³/mol. The van der Waals surface area contributed by atoms with Crippen LogP contribution in [0, 0.1) is 0 Å². The van der Waals surface area contributed by atoms with Crippen LogP contribution in [0.1, 0.15) is 17.9 Å². The first-order chi connectivity index (χ1) is 17.2. The summed E-state index contributed by atoms with van der Waals surface area (Å²) in [6.07, 6.45) is 0.679. The number of nitrogens with one attached hydrogen (secondary N) is 1. The lowest BCUT2D eigenvalue weighted by atomic mass is 10.2. The van der Waals surface area contributed by atoms with E-state index < -0.39 is 0 Å². The van der Waals surface area contributed by atoms with Gasteiger partial charge in [-0.3, -0.25) is 9.69 Å². The van der Waals surface area contributed by atoms with E-state index >= 15 is 0 Å². The molecule has 35 heavy (non-hydrogen) atoms. The smallest absolute Gasteiger partial charge is 0.227 e. The molecule has 0 unspecified atom stereocenters. The van der Waals surface area contributed by atoms with E-state index in [0.717, 1.165) is 44.0 Å². The highest BCUT2D eigenvalue weighted by atomic mass is 16.5. The van der Waals surface area contributed by atoms with Gasteiger partial charge in [-0.2, -0.15) is 4.98 Å². The highest BCUT2D eigenvalue weighted by molar-refractivity contribution is 5.91. The van der Waals surface area contributed by atoms with Crippen LogP contribution in [0.15, 0.2) is 89.5 Å². The lowest BCUT2D eigenvalue weighted by molar-refractivity contribution is -0.116. The fourth-order valence-corrected chi connectivity index (χ4v) is 4.27. The van der Waals surface area contributed by atoms with E-state index in [1.807, 2.05) is 42.5 Å². The number of anilines is 2. The number of carbonyl (C=O) groups excluding carboxylic acids is 1. The molecule has 0 atom stereocenters. The minimum absolute atomic E-state index is 0.0771. The van der Waals surface area contributed by atoms with Gasteiger partial charge in [-0.1, -0.05) is 65.8 Å². The van der Waals surface area contributed by atoms with Gasteiger partial charge >= 0.3 is 0 Å². The first-order valence-corrected chi connectivity index (χ1v) is 12.0. The Hall–Kier alpha value is -3.97. The van der Waals surface area contributed by atoms with Gasteiger partial charge in [0.2, 0.25) is 17.6 Å². The summed E-state index contributed by atoms with van der Waals surface area (Å²) in [6.45, 7) is 5.06. The Bertz CT molecular complexity index is 1220. The Morgan fingerprint density at radius 3 is 2.26 bits per heavy atom. The molecule has 1 amide bonds. The molecule has 0 aliphatic carbocycles. The van der Waals surface area contributed by atoms with Crippen LogP contribution in [0.5, 0.6) is 0 Å². The van der Waals surface area contributed by atoms with Crippen molar-refractivity contribution in [2.45, 2.75) is 19.4 Å². The molecule has 1 N–H and O–H groups in total. The molecule has 2 heterocycles. The van der Waals surface area contributed by atoms with Gasteiger partial charge < -0.3 is 14.7 Å². The first kappa shape index (κ1) is 22.8. The number of hydrogen-bond acceptors (Lipinski definition) is 6. The minimum Gasteiger partial charge on any atom is -0.369 e. The molecule has 1 aromatic heterocycles. The summed E-state index contributed by atoms with van der Waals surface area (Å²) in [5.41, 5.74) is 4.22. The number of nitrogens with zero attached hydrogens (tertiary/aromatic N) is 4. The zero-order chi connectivity index (χ0) is 23.9. The maximum Gasteiger partial charge on any atom is 0.227 e. The molecule has 1 saturated heterocycles. The molecule has 7 heteroatoms. The van der Waals surface area contributed by atoms with Crippen LogP contribution in [0.2, 0.25) is 0 Å². The van der Waals surface area contributed by atoms with Crippen LogP contribution < -0.4 is 10.2 Å². The van der Waals surface area contributed by atoms with Crippen LogP contribution >= 0.6 is 0 Å². The molecule has 0 bridgehead atoms. The molecule has 178 valence electrons. The summed E-state index contributed by atoms with van der Waals surface area (Å²) in [7, 11) is 0. The van der Waals surface area contributed by atoms with Crippen LogP contribution in [0.4, 0.5) is 11.4 Å². The third-order valence-corrected chi connectivity index (χ3v) is 6.20. The summed E-state index contributed by atoms with van der Waals surface area (Å²) in [5, 5.41) is 6.96. The van der Waals surface area contributed by atoms with Crippen molar-refractivity contribution in [1.82, 2.24) is 15.0 Å². The van der Waals surface area contributed by atoms with Crippen LogP contribution in [0.3, 0.4) is 0 Å². The van der Waals surface area contributed by atoms with Crippen molar-refractivity contribution in [3.8, 4) is 11.4 Å². The minimum atomic E-state index is -0.0771. The Kier molecular flexibility index (Phi) is 7.15. The van der Waals surface area contributed by atoms with Crippen LogP contribution in [0.25, 0.3) is 11.4 Å². The Labute approximate surface area is 205 Å². The average Bonchev–Trinajstić information content (AvgIpc) is 3.39. The lowest BCUT2D eigenvalue weighted by Crippen LogP contribution is -2.45. The summed E-state index contributed by atoms with van der Waals surface area (Å²) in [5.74, 6) is 0.921. The Morgan fingerprint density at radius 1 is 0.857 bits per heavy atom. The molecular weight excluding hydrogens is 438 g/mol. The predicted octanol–water partition coefficient (Wildman–Crippen LogP) is 4.63. The normalized spacial score (nSPS) is 14.1. The fraction of sp³-hybridized carbons (Fsp3) is 0.250. The van der Waals surface area contributed by atoms with Crippen molar-refractivity contribution in [1.29, 1.82) is 0 Å². The number of aromatic nitrogens is 2. The SMILES string of the molecule is O=C(CCc1nc(-c2ccccc2)no1)Nc1ccc(N2CCN(Cc3ccccc3)CC2)cc1. The van der Waals surface area contributed by atoms with Gasteiger partial charge in [-0.05, 0) is 29.8 Å². The van der Waals surface area contributed by atoms with Crippen LogP contribution in [-0.4, -0.2) is 47.1 Å². The second-order valence-electron chi connectivity index (χ2n) is 8.72. The van der Waals surface area contributed by atoms with E-state index in [-0.39, 0.29) is 12.3 Å². The molecular formula is C28H29N5O2. The number of piperazine rings is 1. The molecule has 0 spiro atoms. The molecule has 0 saturated carbocycles. The molecule has 7 nitrogen and oxygen atoms in total.